The van der Waals surface area contributed by atoms with Gasteiger partial charge in [-0.15, -0.1) is 0 Å². The molecule has 2 aliphatic rings. The van der Waals surface area contributed by atoms with Crippen LogP contribution in [0.4, 0.5) is 0 Å². The molecule has 0 saturated heterocycles. The summed E-state index contributed by atoms with van der Waals surface area (Å²) in [6.07, 6.45) is 11.0. The number of fused-ring (bicyclic) bond motifs is 1. The number of hydrogen-bond acceptors (Lipinski definition) is 4. The summed E-state index contributed by atoms with van der Waals surface area (Å²) >= 11 is 0. The zero-order chi connectivity index (χ0) is 14.9. The highest BCUT2D eigenvalue weighted by atomic mass is 16.7. The van der Waals surface area contributed by atoms with E-state index in [9.17, 15) is 0 Å². The molecule has 4 rings (SSSR count). The van der Waals surface area contributed by atoms with Crippen LogP contribution in [0.5, 0.6) is 0 Å². The minimum absolute atomic E-state index is 0.369. The second-order valence-electron chi connectivity index (χ2n) is 6.24. The fraction of sp³-hybridized carbons (Fsp3) is 0.444. The minimum atomic E-state index is -0.369. The fourth-order valence-electron chi connectivity index (χ4n) is 3.61. The fourth-order valence-corrected chi connectivity index (χ4v) is 3.61. The van der Waals surface area contributed by atoms with Gasteiger partial charge in [0.1, 0.15) is 11.8 Å². The standard InChI is InChI=1S/C18H22N2O2/c19-18-11-16(15-12-21-17-10-6-5-9-14(15)17)20(22-18)13-7-3-1-2-4-8-13/h5-6,9-13,18H,1-4,7-8,19H2. The van der Waals surface area contributed by atoms with E-state index >= 15 is 0 Å². The van der Waals surface area contributed by atoms with E-state index < -0.39 is 0 Å². The molecule has 1 fully saturated rings. The van der Waals surface area contributed by atoms with Crippen molar-refractivity contribution in [2.75, 3.05) is 0 Å². The molecule has 1 aliphatic carbocycles. The largest absolute Gasteiger partial charge is 0.464 e. The van der Waals surface area contributed by atoms with Crippen LogP contribution in [0.2, 0.25) is 0 Å². The van der Waals surface area contributed by atoms with Crippen molar-refractivity contribution in [3.63, 3.8) is 0 Å². The van der Waals surface area contributed by atoms with Crippen molar-refractivity contribution in [3.05, 3.63) is 42.2 Å². The molecule has 2 aromatic rings. The molecule has 116 valence electrons. The Morgan fingerprint density at radius 2 is 1.82 bits per heavy atom. The molecule has 4 nitrogen and oxygen atoms in total. The van der Waals surface area contributed by atoms with Crippen molar-refractivity contribution in [3.8, 4) is 0 Å². The van der Waals surface area contributed by atoms with Gasteiger partial charge in [0, 0.05) is 10.9 Å². The van der Waals surface area contributed by atoms with Gasteiger partial charge in [-0.05, 0) is 25.0 Å². The molecule has 0 amide bonds. The summed E-state index contributed by atoms with van der Waals surface area (Å²) in [7, 11) is 0. The maximum Gasteiger partial charge on any atom is 0.155 e. The highest BCUT2D eigenvalue weighted by Gasteiger charge is 2.31. The third-order valence-corrected chi connectivity index (χ3v) is 4.71. The topological polar surface area (TPSA) is 51.6 Å². The summed E-state index contributed by atoms with van der Waals surface area (Å²) in [6.45, 7) is 0. The number of furan rings is 1. The third-order valence-electron chi connectivity index (χ3n) is 4.71. The highest BCUT2D eigenvalue weighted by Crippen LogP contribution is 2.37. The number of hydrogen-bond donors (Lipinski definition) is 1. The Bertz CT molecular complexity index is 683. The minimum Gasteiger partial charge on any atom is -0.464 e. The van der Waals surface area contributed by atoms with E-state index in [1.165, 1.54) is 38.5 Å². The van der Waals surface area contributed by atoms with E-state index in [0.29, 0.717) is 6.04 Å². The average molecular weight is 298 g/mol. The first-order chi connectivity index (χ1) is 10.8. The van der Waals surface area contributed by atoms with Crippen molar-refractivity contribution >= 4 is 16.7 Å². The quantitative estimate of drug-likeness (QED) is 0.851. The lowest BCUT2D eigenvalue weighted by Crippen LogP contribution is -2.34. The molecule has 1 aromatic carbocycles. The van der Waals surface area contributed by atoms with Crippen molar-refractivity contribution in [2.45, 2.75) is 50.8 Å². The molecule has 2 heterocycles. The Kier molecular flexibility index (Phi) is 3.64. The molecule has 1 atom stereocenters. The number of nitrogens with zero attached hydrogens (tertiary/aromatic N) is 1. The predicted octanol–water partition coefficient (Wildman–Crippen LogP) is 4.03. The number of nitrogens with two attached hydrogens (primary N) is 1. The first-order valence-electron chi connectivity index (χ1n) is 8.23. The van der Waals surface area contributed by atoms with Gasteiger partial charge in [-0.2, -0.15) is 0 Å². The molecular weight excluding hydrogens is 276 g/mol. The van der Waals surface area contributed by atoms with Gasteiger partial charge in [-0.25, -0.2) is 5.06 Å². The maximum absolute atomic E-state index is 6.04. The summed E-state index contributed by atoms with van der Waals surface area (Å²) in [5.41, 5.74) is 9.08. The van der Waals surface area contributed by atoms with E-state index in [-0.39, 0.29) is 6.23 Å². The molecule has 4 heteroatoms. The molecule has 1 aliphatic heterocycles. The van der Waals surface area contributed by atoms with E-state index in [4.69, 9.17) is 15.0 Å². The maximum atomic E-state index is 6.04. The van der Waals surface area contributed by atoms with Crippen LogP contribution in [0.3, 0.4) is 0 Å². The first kappa shape index (κ1) is 13.9. The van der Waals surface area contributed by atoms with E-state index in [1.54, 1.807) is 0 Å². The van der Waals surface area contributed by atoms with Crippen LogP contribution in [0, 0.1) is 0 Å². The normalized spacial score (nSPS) is 23.8. The molecule has 0 spiro atoms. The average Bonchev–Trinajstić information content (AvgIpc) is 3.01. The number of hydroxylamine groups is 2. The summed E-state index contributed by atoms with van der Waals surface area (Å²) in [5.74, 6) is 0. The Morgan fingerprint density at radius 3 is 2.64 bits per heavy atom. The lowest BCUT2D eigenvalue weighted by Gasteiger charge is -2.30. The number of rotatable bonds is 2. The van der Waals surface area contributed by atoms with Gasteiger partial charge in [-0.3, -0.25) is 4.84 Å². The van der Waals surface area contributed by atoms with Crippen LogP contribution in [0.25, 0.3) is 16.7 Å². The second-order valence-corrected chi connectivity index (χ2v) is 6.24. The van der Waals surface area contributed by atoms with Gasteiger partial charge in [-0.1, -0.05) is 43.9 Å². The van der Waals surface area contributed by atoms with Crippen molar-refractivity contribution in [1.82, 2.24) is 5.06 Å². The zero-order valence-corrected chi connectivity index (χ0v) is 12.7. The second kappa shape index (κ2) is 5.78. The van der Waals surface area contributed by atoms with Gasteiger partial charge >= 0.3 is 0 Å². The molecule has 2 N–H and O–H groups in total. The van der Waals surface area contributed by atoms with Crippen molar-refractivity contribution < 1.29 is 9.25 Å². The monoisotopic (exact) mass is 298 g/mol. The van der Waals surface area contributed by atoms with Gasteiger partial charge < -0.3 is 10.2 Å². The number of para-hydroxylation sites is 1. The van der Waals surface area contributed by atoms with E-state index in [1.807, 2.05) is 35.6 Å². The van der Waals surface area contributed by atoms with Gasteiger partial charge in [0.05, 0.1) is 11.7 Å². The Morgan fingerprint density at radius 1 is 1.05 bits per heavy atom. The molecule has 0 bridgehead atoms. The van der Waals surface area contributed by atoms with Crippen LogP contribution in [-0.4, -0.2) is 17.3 Å². The Hall–Kier alpha value is -1.78. The van der Waals surface area contributed by atoms with Gasteiger partial charge in [0.25, 0.3) is 0 Å². The summed E-state index contributed by atoms with van der Waals surface area (Å²) in [4.78, 5) is 5.92. The van der Waals surface area contributed by atoms with Crippen LogP contribution in [0.15, 0.2) is 41.0 Å². The first-order valence-corrected chi connectivity index (χ1v) is 8.23. The van der Waals surface area contributed by atoms with Crippen LogP contribution >= 0.6 is 0 Å². The molecule has 22 heavy (non-hydrogen) atoms. The summed E-state index contributed by atoms with van der Waals surface area (Å²) in [5, 5.41) is 3.16. The molecule has 1 saturated carbocycles. The SMILES string of the molecule is NC1C=C(c2coc3ccccc23)N(C2CCCCCC2)O1. The van der Waals surface area contributed by atoms with Crippen molar-refractivity contribution in [1.29, 1.82) is 0 Å². The van der Waals surface area contributed by atoms with E-state index in [0.717, 1.165) is 22.2 Å². The molecular formula is C18H22N2O2. The summed E-state index contributed by atoms with van der Waals surface area (Å²) in [6, 6.07) is 8.52. The van der Waals surface area contributed by atoms with Gasteiger partial charge in [0.15, 0.2) is 6.23 Å². The smallest absolute Gasteiger partial charge is 0.155 e. The molecule has 1 aromatic heterocycles. The number of benzene rings is 1. The Balaban J connectivity index is 1.70. The van der Waals surface area contributed by atoms with Crippen LogP contribution < -0.4 is 5.73 Å². The Labute approximate surface area is 130 Å². The predicted molar refractivity (Wildman–Crippen MR) is 86.6 cm³/mol. The lowest BCUT2D eigenvalue weighted by molar-refractivity contribution is -0.148. The van der Waals surface area contributed by atoms with Crippen LogP contribution in [0.1, 0.15) is 44.1 Å². The lowest BCUT2D eigenvalue weighted by atomic mass is 10.1. The summed E-state index contributed by atoms with van der Waals surface area (Å²) < 4.78 is 5.69. The van der Waals surface area contributed by atoms with Crippen LogP contribution in [-0.2, 0) is 4.84 Å². The molecule has 0 radical (unpaired) electrons. The molecule has 1 unspecified atom stereocenters. The van der Waals surface area contributed by atoms with Gasteiger partial charge in [0.2, 0.25) is 0 Å². The van der Waals surface area contributed by atoms with Crippen molar-refractivity contribution in [2.24, 2.45) is 5.73 Å². The third kappa shape index (κ3) is 2.42. The highest BCUT2D eigenvalue weighted by molar-refractivity contribution is 5.90. The van der Waals surface area contributed by atoms with E-state index in [2.05, 4.69) is 6.07 Å². The zero-order valence-electron chi connectivity index (χ0n) is 12.7.